The molecule has 0 aliphatic rings. The van der Waals surface area contributed by atoms with Crippen LogP contribution in [-0.4, -0.2) is 14.4 Å². The van der Waals surface area contributed by atoms with Crippen molar-refractivity contribution in [3.8, 4) is 17.3 Å². The van der Waals surface area contributed by atoms with Crippen LogP contribution in [0.5, 0.6) is 0 Å². The van der Waals surface area contributed by atoms with Crippen LogP contribution in [0.3, 0.4) is 0 Å². The number of pyridine rings is 1. The summed E-state index contributed by atoms with van der Waals surface area (Å²) in [5.41, 5.74) is 11.7. The van der Waals surface area contributed by atoms with Crippen LogP contribution in [0.2, 0.25) is 5.02 Å². The molecule has 0 spiro atoms. The minimum Gasteiger partial charge on any atom is -0.396 e. The number of fused-ring (bicyclic) bond motifs is 1. The molecule has 4 aromatic rings. The molecule has 0 amide bonds. The smallest absolute Gasteiger partial charge is 0.137 e. The van der Waals surface area contributed by atoms with Crippen LogP contribution in [0, 0.1) is 11.3 Å². The molecule has 0 atom stereocenters. The largest absolute Gasteiger partial charge is 0.396 e. The van der Waals surface area contributed by atoms with Gasteiger partial charge >= 0.3 is 0 Å². The van der Waals surface area contributed by atoms with E-state index in [1.165, 1.54) is 5.01 Å². The van der Waals surface area contributed by atoms with Crippen molar-refractivity contribution in [3.05, 3.63) is 101 Å². The van der Waals surface area contributed by atoms with Crippen LogP contribution >= 0.6 is 11.6 Å². The molecule has 30 heavy (non-hydrogen) atoms. The summed E-state index contributed by atoms with van der Waals surface area (Å²) in [5, 5.41) is 11.1. The van der Waals surface area contributed by atoms with E-state index in [-0.39, 0.29) is 0 Å². The molecule has 7 heteroatoms. The highest BCUT2D eigenvalue weighted by molar-refractivity contribution is 6.30. The Morgan fingerprint density at radius 1 is 1.10 bits per heavy atom. The molecular weight excluding hydrogens is 396 g/mol. The first-order valence-corrected chi connectivity index (χ1v) is 9.64. The van der Waals surface area contributed by atoms with E-state index in [4.69, 9.17) is 33.4 Å². The van der Waals surface area contributed by atoms with Gasteiger partial charge in [0.25, 0.3) is 0 Å². The van der Waals surface area contributed by atoms with Gasteiger partial charge in [0, 0.05) is 23.0 Å². The van der Waals surface area contributed by atoms with Gasteiger partial charge in [0.05, 0.1) is 35.3 Å². The van der Waals surface area contributed by atoms with E-state index < -0.39 is 0 Å². The lowest BCUT2D eigenvalue weighted by molar-refractivity contribution is 0.387. The van der Waals surface area contributed by atoms with Gasteiger partial charge in [0.1, 0.15) is 5.65 Å². The topological polar surface area (TPSA) is 96.4 Å². The summed E-state index contributed by atoms with van der Waals surface area (Å²) in [7, 11) is 0. The Kier molecular flexibility index (Phi) is 5.40. The molecule has 4 rings (SSSR count). The Morgan fingerprint density at radius 2 is 1.83 bits per heavy atom. The van der Waals surface area contributed by atoms with Crippen LogP contribution < -0.4 is 11.6 Å². The molecule has 2 heterocycles. The fourth-order valence-electron chi connectivity index (χ4n) is 3.26. The Balaban J connectivity index is 1.70. The van der Waals surface area contributed by atoms with Crippen molar-refractivity contribution in [2.24, 2.45) is 11.6 Å². The molecule has 2 aromatic heterocycles. The average molecular weight is 415 g/mol. The highest BCUT2D eigenvalue weighted by Crippen LogP contribution is 2.29. The molecule has 0 aliphatic carbocycles. The Hall–Kier alpha value is -3.79. The molecule has 4 N–H and O–H groups in total. The molecule has 0 fully saturated rings. The van der Waals surface area contributed by atoms with E-state index >= 15 is 0 Å². The molecule has 0 radical (unpaired) electrons. The average Bonchev–Trinajstić information content (AvgIpc) is 3.14. The number of nitrogens with zero attached hydrogens (tertiary/aromatic N) is 4. The van der Waals surface area contributed by atoms with Gasteiger partial charge in [0.2, 0.25) is 0 Å². The lowest BCUT2D eigenvalue weighted by atomic mass is 10.1. The maximum Gasteiger partial charge on any atom is 0.137 e. The van der Waals surface area contributed by atoms with E-state index in [2.05, 4.69) is 6.07 Å². The number of nitriles is 1. The number of nitrogens with two attached hydrogens (primary N) is 2. The number of halogens is 1. The summed E-state index contributed by atoms with van der Waals surface area (Å²) in [6.45, 7) is 0.444. The number of hydrogen-bond donors (Lipinski definition) is 2. The van der Waals surface area contributed by atoms with Crippen molar-refractivity contribution in [1.29, 1.82) is 5.26 Å². The van der Waals surface area contributed by atoms with E-state index in [9.17, 15) is 0 Å². The molecule has 2 aromatic carbocycles. The van der Waals surface area contributed by atoms with E-state index in [0.717, 1.165) is 28.2 Å². The minimum atomic E-state index is 0.444. The van der Waals surface area contributed by atoms with Crippen molar-refractivity contribution in [1.82, 2.24) is 14.4 Å². The number of hydrazine groups is 1. The molecule has 0 bridgehead atoms. The van der Waals surface area contributed by atoms with Crippen molar-refractivity contribution in [2.45, 2.75) is 6.54 Å². The Labute approximate surface area is 179 Å². The summed E-state index contributed by atoms with van der Waals surface area (Å²) in [4.78, 5) is 4.75. The van der Waals surface area contributed by atoms with Crippen molar-refractivity contribution in [3.63, 3.8) is 0 Å². The van der Waals surface area contributed by atoms with Crippen molar-refractivity contribution >= 4 is 22.9 Å². The van der Waals surface area contributed by atoms with Crippen LogP contribution in [0.15, 0.2) is 79.1 Å². The summed E-state index contributed by atoms with van der Waals surface area (Å²) in [6, 6.07) is 22.6. The van der Waals surface area contributed by atoms with Gasteiger partial charge in [-0.25, -0.2) is 10.8 Å². The fraction of sp³-hybridized carbons (Fsp3) is 0.0435. The van der Waals surface area contributed by atoms with Gasteiger partial charge < -0.3 is 10.7 Å². The molecule has 6 nitrogen and oxygen atoms in total. The third-order valence-corrected chi connectivity index (χ3v) is 4.93. The second-order valence-corrected chi connectivity index (χ2v) is 7.25. The third-order valence-electron chi connectivity index (χ3n) is 4.67. The monoisotopic (exact) mass is 414 g/mol. The first kappa shape index (κ1) is 19.5. The minimum absolute atomic E-state index is 0.444. The lowest BCUT2D eigenvalue weighted by Gasteiger charge is -2.16. The summed E-state index contributed by atoms with van der Waals surface area (Å²) >= 11 is 6.04. The molecule has 0 unspecified atom stereocenters. The predicted octanol–water partition coefficient (Wildman–Crippen LogP) is 4.16. The van der Waals surface area contributed by atoms with Crippen LogP contribution in [0.1, 0.15) is 16.8 Å². The summed E-state index contributed by atoms with van der Waals surface area (Å²) in [5.74, 6) is 6.20. The van der Waals surface area contributed by atoms with Gasteiger partial charge in [-0.05, 0) is 42.0 Å². The third kappa shape index (κ3) is 3.98. The first-order chi connectivity index (χ1) is 14.5. The van der Waals surface area contributed by atoms with Gasteiger partial charge in [-0.2, -0.15) is 5.26 Å². The molecule has 148 valence electrons. The van der Waals surface area contributed by atoms with E-state index in [1.54, 1.807) is 18.3 Å². The second kappa shape index (κ2) is 8.29. The fourth-order valence-corrected chi connectivity index (χ4v) is 3.39. The van der Waals surface area contributed by atoms with Gasteiger partial charge in [-0.3, -0.25) is 4.40 Å². The zero-order valence-corrected chi connectivity index (χ0v) is 16.8. The molecule has 0 aliphatic heterocycles. The molecule has 0 saturated carbocycles. The van der Waals surface area contributed by atoms with Gasteiger partial charge in [-0.1, -0.05) is 41.9 Å². The zero-order chi connectivity index (χ0) is 21.1. The number of benzene rings is 2. The second-order valence-electron chi connectivity index (χ2n) is 6.81. The maximum atomic E-state index is 8.93. The zero-order valence-electron chi connectivity index (χ0n) is 16.0. The van der Waals surface area contributed by atoms with Crippen molar-refractivity contribution in [2.75, 3.05) is 0 Å². The van der Waals surface area contributed by atoms with Crippen molar-refractivity contribution < 1.29 is 0 Å². The number of rotatable bonds is 5. The lowest BCUT2D eigenvalue weighted by Crippen LogP contribution is -2.26. The number of hydrogen-bond acceptors (Lipinski definition) is 5. The van der Waals surface area contributed by atoms with E-state index in [1.807, 2.05) is 65.2 Å². The highest BCUT2D eigenvalue weighted by atomic mass is 35.5. The summed E-state index contributed by atoms with van der Waals surface area (Å²) in [6.07, 6.45) is 3.60. The molecular formula is C23H19ClN6. The van der Waals surface area contributed by atoms with E-state index in [0.29, 0.717) is 22.8 Å². The highest BCUT2D eigenvalue weighted by Gasteiger charge is 2.16. The van der Waals surface area contributed by atoms with Crippen LogP contribution in [0.25, 0.3) is 22.6 Å². The van der Waals surface area contributed by atoms with Gasteiger partial charge in [0.15, 0.2) is 0 Å². The number of aromatic nitrogens is 2. The molecule has 0 saturated heterocycles. The normalized spacial score (nSPS) is 11.4. The summed E-state index contributed by atoms with van der Waals surface area (Å²) < 4.78 is 1.94. The Morgan fingerprint density at radius 3 is 2.53 bits per heavy atom. The first-order valence-electron chi connectivity index (χ1n) is 9.26. The van der Waals surface area contributed by atoms with Crippen LogP contribution in [0.4, 0.5) is 0 Å². The van der Waals surface area contributed by atoms with Crippen LogP contribution in [-0.2, 0) is 6.54 Å². The number of imidazole rings is 1. The quantitative estimate of drug-likeness (QED) is 0.377. The standard InChI is InChI=1S/C23H19ClN6/c24-19-10-8-18(9-11-19)22-23(30-12-2-1-3-21(30)28-22)20(26)15-29(27)14-17-6-4-16(13-25)5-7-17/h1-12,15H,14,26-27H2/b20-15-. The Bertz CT molecular complexity index is 1250. The van der Waals surface area contributed by atoms with Gasteiger partial charge in [-0.15, -0.1) is 0 Å². The predicted molar refractivity (Wildman–Crippen MR) is 119 cm³/mol. The SMILES string of the molecule is N#Cc1ccc(CN(N)/C=C(\N)c2c(-c3ccc(Cl)cc3)nc3ccccn23)cc1. The maximum absolute atomic E-state index is 8.93.